The summed E-state index contributed by atoms with van der Waals surface area (Å²) >= 11 is 0. The van der Waals surface area contributed by atoms with Gasteiger partial charge in [-0.2, -0.15) is 0 Å². The van der Waals surface area contributed by atoms with E-state index in [1.165, 1.54) is 0 Å². The van der Waals surface area contributed by atoms with E-state index < -0.39 is 22.2 Å². The fraction of sp³-hybridized carbons (Fsp3) is 0.423. The number of carboxylic acids is 1. The van der Waals surface area contributed by atoms with Crippen molar-refractivity contribution in [2.45, 2.75) is 53.1 Å². The van der Waals surface area contributed by atoms with Gasteiger partial charge in [0.15, 0.2) is 0 Å². The Morgan fingerprint density at radius 3 is 1.38 bits per heavy atom. The second-order valence-electron chi connectivity index (χ2n) is 9.85. The average Bonchev–Trinajstić information content (AvgIpc) is 2.76. The van der Waals surface area contributed by atoms with Crippen LogP contribution in [0.2, 0.25) is 0 Å². The Balaban J connectivity index is 1.79. The summed E-state index contributed by atoms with van der Waals surface area (Å²) < 4.78 is 0. The largest absolute Gasteiger partial charge is 0.481 e. The number of carbonyl (C=O) groups is 3. The van der Waals surface area contributed by atoms with Crippen molar-refractivity contribution in [3.8, 4) is 0 Å². The summed E-state index contributed by atoms with van der Waals surface area (Å²) in [5, 5.41) is 15.9. The molecule has 0 bridgehead atoms. The summed E-state index contributed by atoms with van der Waals surface area (Å²) in [6.45, 7) is 5.90. The van der Waals surface area contributed by atoms with Crippen LogP contribution >= 0.6 is 0 Å². The van der Waals surface area contributed by atoms with Crippen LogP contribution in [0.5, 0.6) is 0 Å². The van der Waals surface area contributed by atoms with Crippen LogP contribution in [0.4, 0.5) is 0 Å². The first kappa shape index (κ1) is 23.5. The smallest absolute Gasteiger partial charge is 0.309 e. The number of nitrogens with one attached hydrogen (secondary N) is 2. The maximum atomic E-state index is 13.3. The molecule has 1 aliphatic rings. The number of hydrogen-bond acceptors (Lipinski definition) is 3. The third kappa shape index (κ3) is 5.18. The molecule has 2 amide bonds. The van der Waals surface area contributed by atoms with Gasteiger partial charge in [0.05, 0.1) is 5.41 Å². The Kier molecular flexibility index (Phi) is 6.72. The van der Waals surface area contributed by atoms with Gasteiger partial charge in [-0.3, -0.25) is 14.4 Å². The number of rotatable bonds is 7. The highest BCUT2D eigenvalue weighted by Crippen LogP contribution is 2.54. The SMILES string of the molecule is CC1(C(=O)O)C[C@](C)(C(=O)NCc2ccccc2)C[C@](C)(C(=O)NCc2ccccc2)C1. The molecule has 1 fully saturated rings. The fourth-order valence-electron chi connectivity index (χ4n) is 5.23. The van der Waals surface area contributed by atoms with E-state index in [0.29, 0.717) is 13.1 Å². The molecule has 3 N–H and O–H groups in total. The summed E-state index contributed by atoms with van der Waals surface area (Å²) in [5.74, 6) is -1.44. The number of benzene rings is 2. The first-order valence-corrected chi connectivity index (χ1v) is 10.9. The molecule has 0 saturated heterocycles. The molecule has 2 aromatic rings. The summed E-state index contributed by atoms with van der Waals surface area (Å²) in [6, 6.07) is 19.1. The maximum absolute atomic E-state index is 13.3. The van der Waals surface area contributed by atoms with Gasteiger partial charge in [-0.25, -0.2) is 0 Å². The van der Waals surface area contributed by atoms with Gasteiger partial charge in [-0.1, -0.05) is 74.5 Å². The van der Waals surface area contributed by atoms with E-state index in [1.54, 1.807) is 20.8 Å². The molecule has 0 aliphatic heterocycles. The van der Waals surface area contributed by atoms with Crippen LogP contribution in [0.1, 0.15) is 51.2 Å². The van der Waals surface area contributed by atoms with Crippen LogP contribution in [-0.4, -0.2) is 22.9 Å². The number of carboxylic acid groups (broad SMARTS) is 1. The van der Waals surface area contributed by atoms with Crippen molar-refractivity contribution in [2.75, 3.05) is 0 Å². The van der Waals surface area contributed by atoms with E-state index in [9.17, 15) is 19.5 Å². The van der Waals surface area contributed by atoms with E-state index in [0.717, 1.165) is 11.1 Å². The van der Waals surface area contributed by atoms with Crippen molar-refractivity contribution in [1.82, 2.24) is 10.6 Å². The minimum absolute atomic E-state index is 0.178. The number of amides is 2. The minimum atomic E-state index is -1.18. The second-order valence-corrected chi connectivity index (χ2v) is 9.85. The van der Waals surface area contributed by atoms with Crippen LogP contribution in [-0.2, 0) is 27.5 Å². The molecule has 3 rings (SSSR count). The summed E-state index contributed by atoms with van der Waals surface area (Å²) in [5.41, 5.74) is -1.23. The molecule has 1 saturated carbocycles. The minimum Gasteiger partial charge on any atom is -0.481 e. The molecule has 1 unspecified atom stereocenters. The second kappa shape index (κ2) is 9.15. The third-order valence-electron chi connectivity index (χ3n) is 6.55. The Labute approximate surface area is 189 Å². The first-order chi connectivity index (χ1) is 15.1. The molecule has 0 heterocycles. The van der Waals surface area contributed by atoms with Gasteiger partial charge in [-0.05, 0) is 37.3 Å². The van der Waals surface area contributed by atoms with E-state index in [1.807, 2.05) is 60.7 Å². The number of hydrogen-bond donors (Lipinski definition) is 3. The highest BCUT2D eigenvalue weighted by molar-refractivity contribution is 5.89. The normalized spacial score (nSPS) is 27.3. The van der Waals surface area contributed by atoms with Crippen LogP contribution < -0.4 is 10.6 Å². The van der Waals surface area contributed by atoms with Crippen molar-refractivity contribution in [3.63, 3.8) is 0 Å². The highest BCUT2D eigenvalue weighted by atomic mass is 16.4. The lowest BCUT2D eigenvalue weighted by Gasteiger charge is -2.49. The quantitative estimate of drug-likeness (QED) is 0.613. The van der Waals surface area contributed by atoms with Crippen molar-refractivity contribution in [2.24, 2.45) is 16.2 Å². The number of aliphatic carboxylic acids is 1. The molecule has 2 aromatic carbocycles. The molecule has 3 atom stereocenters. The lowest BCUT2D eigenvalue weighted by atomic mass is 9.54. The molecular weight excluding hydrogens is 404 g/mol. The third-order valence-corrected chi connectivity index (χ3v) is 6.55. The zero-order chi connectivity index (χ0) is 23.4. The Morgan fingerprint density at radius 2 is 1.03 bits per heavy atom. The first-order valence-electron chi connectivity index (χ1n) is 10.9. The predicted octanol–water partition coefficient (Wildman–Crippen LogP) is 3.91. The zero-order valence-electron chi connectivity index (χ0n) is 19.0. The van der Waals surface area contributed by atoms with E-state index in [2.05, 4.69) is 10.6 Å². The van der Waals surface area contributed by atoms with Gasteiger partial charge in [-0.15, -0.1) is 0 Å². The lowest BCUT2D eigenvalue weighted by Crippen LogP contribution is -2.56. The van der Waals surface area contributed by atoms with Crippen LogP contribution in [0, 0.1) is 16.2 Å². The van der Waals surface area contributed by atoms with Crippen molar-refractivity contribution in [3.05, 3.63) is 71.8 Å². The van der Waals surface area contributed by atoms with Crippen molar-refractivity contribution >= 4 is 17.8 Å². The molecule has 0 spiro atoms. The zero-order valence-corrected chi connectivity index (χ0v) is 19.0. The maximum Gasteiger partial charge on any atom is 0.309 e. The summed E-state index contributed by atoms with van der Waals surface area (Å²) in [4.78, 5) is 38.7. The monoisotopic (exact) mass is 436 g/mol. The average molecular weight is 437 g/mol. The molecule has 1 aliphatic carbocycles. The van der Waals surface area contributed by atoms with Gasteiger partial charge >= 0.3 is 5.97 Å². The molecule has 6 heteroatoms. The lowest BCUT2D eigenvalue weighted by molar-refractivity contribution is -0.163. The topological polar surface area (TPSA) is 95.5 Å². The van der Waals surface area contributed by atoms with Gasteiger partial charge in [0.25, 0.3) is 0 Å². The predicted molar refractivity (Wildman–Crippen MR) is 122 cm³/mol. The molecule has 0 aromatic heterocycles. The molecule has 32 heavy (non-hydrogen) atoms. The molecule has 6 nitrogen and oxygen atoms in total. The van der Waals surface area contributed by atoms with Gasteiger partial charge < -0.3 is 15.7 Å². The van der Waals surface area contributed by atoms with Gasteiger partial charge in [0.2, 0.25) is 11.8 Å². The fourth-order valence-corrected chi connectivity index (χ4v) is 5.23. The Hall–Kier alpha value is -3.15. The van der Waals surface area contributed by atoms with Crippen molar-refractivity contribution in [1.29, 1.82) is 0 Å². The summed E-state index contributed by atoms with van der Waals surface area (Å²) in [7, 11) is 0. The standard InChI is InChI=1S/C26H32N2O4/c1-24(21(29)27-14-19-10-6-4-7-11-19)16-25(2,18-26(3,17-24)23(31)32)22(30)28-15-20-12-8-5-9-13-20/h4-13H,14-18H2,1-3H3,(H,27,29)(H,28,30)(H,31,32)/t24-,25+,26?. The van der Waals surface area contributed by atoms with Crippen LogP contribution in [0.25, 0.3) is 0 Å². The van der Waals surface area contributed by atoms with E-state index in [4.69, 9.17) is 0 Å². The van der Waals surface area contributed by atoms with E-state index in [-0.39, 0.29) is 31.1 Å². The van der Waals surface area contributed by atoms with Crippen LogP contribution in [0.3, 0.4) is 0 Å². The van der Waals surface area contributed by atoms with Crippen LogP contribution in [0.15, 0.2) is 60.7 Å². The van der Waals surface area contributed by atoms with Gasteiger partial charge in [0.1, 0.15) is 0 Å². The van der Waals surface area contributed by atoms with Crippen molar-refractivity contribution < 1.29 is 19.5 Å². The Bertz CT molecular complexity index is 906. The molecule has 170 valence electrons. The highest BCUT2D eigenvalue weighted by Gasteiger charge is 2.57. The number of carbonyl (C=O) groups excluding carboxylic acids is 2. The Morgan fingerprint density at radius 1 is 0.688 bits per heavy atom. The van der Waals surface area contributed by atoms with Gasteiger partial charge in [0, 0.05) is 23.9 Å². The summed E-state index contributed by atoms with van der Waals surface area (Å²) in [6.07, 6.45) is 0.638. The molecule has 0 radical (unpaired) electrons. The molecular formula is C26H32N2O4. The van der Waals surface area contributed by atoms with E-state index >= 15 is 0 Å².